The predicted octanol–water partition coefficient (Wildman–Crippen LogP) is 3.66. The number of fused-ring (bicyclic) bond motifs is 1. The Bertz CT molecular complexity index is 1260. The molecule has 3 aliphatic rings. The van der Waals surface area contributed by atoms with Gasteiger partial charge in [-0.25, -0.2) is 0 Å². The van der Waals surface area contributed by atoms with E-state index in [9.17, 15) is 19.5 Å². The highest BCUT2D eigenvalue weighted by molar-refractivity contribution is 6.05. The molecule has 0 saturated carbocycles. The number of amides is 3. The Labute approximate surface area is 223 Å². The Kier molecular flexibility index (Phi) is 6.60. The lowest BCUT2D eigenvalue weighted by molar-refractivity contribution is -0.148. The molecule has 8 nitrogen and oxygen atoms in total. The zero-order valence-corrected chi connectivity index (χ0v) is 22.7. The second-order valence-corrected chi connectivity index (χ2v) is 11.4. The average molecular weight is 520 g/mol. The largest absolute Gasteiger partial charge is 0.394 e. The van der Waals surface area contributed by atoms with Crippen molar-refractivity contribution in [1.29, 1.82) is 0 Å². The molecule has 5 rings (SSSR count). The van der Waals surface area contributed by atoms with Gasteiger partial charge in [-0.2, -0.15) is 0 Å². The van der Waals surface area contributed by atoms with Gasteiger partial charge in [0.2, 0.25) is 17.7 Å². The number of nitrogens with zero attached hydrogens (tertiary/aromatic N) is 1. The van der Waals surface area contributed by atoms with Crippen LogP contribution in [-0.4, -0.2) is 57.6 Å². The molecule has 2 aromatic rings. The van der Waals surface area contributed by atoms with Crippen LogP contribution in [0.15, 0.2) is 48.5 Å². The highest BCUT2D eigenvalue weighted by Gasteiger charge is 2.80. The summed E-state index contributed by atoms with van der Waals surface area (Å²) in [6.45, 7) is 9.37. The molecule has 0 aromatic heterocycles. The molecule has 7 atom stereocenters. The number of carbonyl (C=O) groups is 3. The maximum absolute atomic E-state index is 14.2. The van der Waals surface area contributed by atoms with Gasteiger partial charge in [0.1, 0.15) is 11.6 Å². The Morgan fingerprint density at radius 2 is 1.84 bits per heavy atom. The van der Waals surface area contributed by atoms with Gasteiger partial charge in [0, 0.05) is 11.4 Å². The number of carbonyl (C=O) groups excluding carboxylic acids is 3. The minimum absolute atomic E-state index is 0.0665. The number of hydrogen-bond acceptors (Lipinski definition) is 5. The van der Waals surface area contributed by atoms with Gasteiger partial charge in [0.05, 0.1) is 30.1 Å². The van der Waals surface area contributed by atoms with Crippen LogP contribution in [0.2, 0.25) is 0 Å². The number of aliphatic hydroxyl groups is 1. The van der Waals surface area contributed by atoms with Gasteiger partial charge in [-0.3, -0.25) is 14.4 Å². The quantitative estimate of drug-likeness (QED) is 0.518. The Morgan fingerprint density at radius 3 is 2.50 bits per heavy atom. The van der Waals surface area contributed by atoms with Gasteiger partial charge < -0.3 is 25.4 Å². The van der Waals surface area contributed by atoms with Gasteiger partial charge in [-0.05, 0) is 68.9 Å². The predicted molar refractivity (Wildman–Crippen MR) is 144 cm³/mol. The number of likely N-dealkylation sites (tertiary alicyclic amines) is 1. The summed E-state index contributed by atoms with van der Waals surface area (Å²) in [4.78, 5) is 43.6. The molecule has 3 heterocycles. The molecule has 3 N–H and O–H groups in total. The molecule has 1 spiro atoms. The molecule has 0 radical (unpaired) electrons. The molecule has 3 saturated heterocycles. The third-order valence-corrected chi connectivity index (χ3v) is 9.05. The molecule has 8 heteroatoms. The van der Waals surface area contributed by atoms with Crippen molar-refractivity contribution in [3.63, 3.8) is 0 Å². The van der Waals surface area contributed by atoms with E-state index in [1.165, 1.54) is 4.90 Å². The van der Waals surface area contributed by atoms with E-state index >= 15 is 0 Å². The second-order valence-electron chi connectivity index (χ2n) is 11.4. The lowest BCUT2D eigenvalue weighted by Gasteiger charge is -2.36. The fourth-order valence-electron chi connectivity index (χ4n) is 7.00. The van der Waals surface area contributed by atoms with Crippen molar-refractivity contribution in [2.24, 2.45) is 17.8 Å². The van der Waals surface area contributed by atoms with Crippen molar-refractivity contribution in [2.75, 3.05) is 17.2 Å². The molecule has 0 aliphatic carbocycles. The minimum Gasteiger partial charge on any atom is -0.394 e. The van der Waals surface area contributed by atoms with Crippen LogP contribution in [0.4, 0.5) is 11.4 Å². The fraction of sp³-hybridized carbons (Fsp3) is 0.500. The third kappa shape index (κ3) is 3.84. The molecule has 202 valence electrons. The summed E-state index contributed by atoms with van der Waals surface area (Å²) in [5.41, 5.74) is 1.13. The first-order chi connectivity index (χ1) is 18.1. The number of ether oxygens (including phenoxy) is 1. The second kappa shape index (κ2) is 9.50. The monoisotopic (exact) mass is 519 g/mol. The van der Waals surface area contributed by atoms with Crippen LogP contribution in [0.5, 0.6) is 0 Å². The van der Waals surface area contributed by atoms with Crippen molar-refractivity contribution in [3.05, 3.63) is 59.7 Å². The molecule has 3 fully saturated rings. The van der Waals surface area contributed by atoms with Gasteiger partial charge in [0.15, 0.2) is 0 Å². The van der Waals surface area contributed by atoms with E-state index in [1.807, 2.05) is 71.0 Å². The minimum atomic E-state index is -1.17. The number of rotatable bonds is 7. The summed E-state index contributed by atoms with van der Waals surface area (Å²) in [7, 11) is 0. The van der Waals surface area contributed by atoms with Gasteiger partial charge in [-0.15, -0.1) is 0 Å². The maximum Gasteiger partial charge on any atom is 0.250 e. The zero-order valence-electron chi connectivity index (χ0n) is 22.7. The summed E-state index contributed by atoms with van der Waals surface area (Å²) >= 11 is 0. The van der Waals surface area contributed by atoms with Gasteiger partial charge in [0.25, 0.3) is 0 Å². The van der Waals surface area contributed by atoms with E-state index < -0.39 is 35.1 Å². The van der Waals surface area contributed by atoms with Crippen LogP contribution in [0.3, 0.4) is 0 Å². The third-order valence-electron chi connectivity index (χ3n) is 9.05. The van der Waals surface area contributed by atoms with E-state index in [2.05, 4.69) is 10.6 Å². The number of aliphatic hydroxyl groups excluding tert-OH is 1. The molecule has 38 heavy (non-hydrogen) atoms. The summed E-state index contributed by atoms with van der Waals surface area (Å²) in [5, 5.41) is 16.3. The van der Waals surface area contributed by atoms with Crippen LogP contribution in [0.1, 0.15) is 44.7 Å². The van der Waals surface area contributed by atoms with E-state index in [0.717, 1.165) is 11.1 Å². The van der Waals surface area contributed by atoms with Crippen LogP contribution in [0.25, 0.3) is 0 Å². The molecule has 3 aliphatic heterocycles. The smallest absolute Gasteiger partial charge is 0.250 e. The van der Waals surface area contributed by atoms with E-state index in [4.69, 9.17) is 4.74 Å². The van der Waals surface area contributed by atoms with Crippen molar-refractivity contribution < 1.29 is 24.2 Å². The maximum atomic E-state index is 14.2. The number of anilines is 2. The zero-order chi connectivity index (χ0) is 27.4. The van der Waals surface area contributed by atoms with Crippen molar-refractivity contribution in [2.45, 2.75) is 70.7 Å². The number of hydrogen-bond donors (Lipinski definition) is 3. The van der Waals surface area contributed by atoms with E-state index in [-0.39, 0.29) is 30.2 Å². The van der Waals surface area contributed by atoms with Crippen molar-refractivity contribution >= 4 is 29.1 Å². The van der Waals surface area contributed by atoms with E-state index in [0.29, 0.717) is 24.2 Å². The average Bonchev–Trinajstić information content (AvgIpc) is 3.40. The highest BCUT2D eigenvalue weighted by Crippen LogP contribution is 2.65. The first-order valence-corrected chi connectivity index (χ1v) is 13.4. The normalized spacial score (nSPS) is 32.3. The number of aryl methyl sites for hydroxylation is 2. The summed E-state index contributed by atoms with van der Waals surface area (Å²) in [6, 6.07) is 13.4. The van der Waals surface area contributed by atoms with Crippen LogP contribution >= 0.6 is 0 Å². The number of para-hydroxylation sites is 1. The number of benzene rings is 2. The molecule has 3 unspecified atom stereocenters. The Balaban J connectivity index is 1.57. The molecule has 3 amide bonds. The summed E-state index contributed by atoms with van der Waals surface area (Å²) in [6.07, 6.45) is 0.935. The van der Waals surface area contributed by atoms with Crippen LogP contribution in [-0.2, 0) is 19.1 Å². The number of nitrogens with one attached hydrogen (secondary N) is 2. The molecule has 2 bridgehead atoms. The summed E-state index contributed by atoms with van der Waals surface area (Å²) < 4.78 is 6.75. The SMILES string of the molecule is CC[C@@H](CO)N1C(=O)[C@@H]2[C@H](C(=O)Nc3ccccc3)[C@@]3(C)OC2(CC3C)C1C(=O)Nc1cc(C)ccc1C. The highest BCUT2D eigenvalue weighted by atomic mass is 16.5. The van der Waals surface area contributed by atoms with Crippen LogP contribution < -0.4 is 10.6 Å². The first-order valence-electron chi connectivity index (χ1n) is 13.4. The fourth-order valence-corrected chi connectivity index (χ4v) is 7.00. The Hall–Kier alpha value is -3.23. The molecular weight excluding hydrogens is 482 g/mol. The Morgan fingerprint density at radius 1 is 1.13 bits per heavy atom. The van der Waals surface area contributed by atoms with Gasteiger partial charge in [-0.1, -0.05) is 44.2 Å². The van der Waals surface area contributed by atoms with Crippen molar-refractivity contribution in [1.82, 2.24) is 4.90 Å². The van der Waals surface area contributed by atoms with E-state index in [1.54, 1.807) is 12.1 Å². The molecule has 2 aromatic carbocycles. The topological polar surface area (TPSA) is 108 Å². The van der Waals surface area contributed by atoms with Crippen molar-refractivity contribution in [3.8, 4) is 0 Å². The van der Waals surface area contributed by atoms with Crippen LogP contribution in [0, 0.1) is 31.6 Å². The lowest BCUT2D eigenvalue weighted by atomic mass is 9.62. The summed E-state index contributed by atoms with van der Waals surface area (Å²) in [5.74, 6) is -2.64. The van der Waals surface area contributed by atoms with Gasteiger partial charge >= 0.3 is 0 Å². The first kappa shape index (κ1) is 26.4. The standard InChI is InChI=1S/C30H37N3O5/c1-6-21(16-34)33-25(27(36)32-22-14-17(2)12-13-18(22)3)30-15-19(4)29(5,38-30)23(24(30)28(33)37)26(35)31-20-10-8-7-9-11-20/h7-14,19,21,23-25,34H,6,15-16H2,1-5H3,(H,31,35)(H,32,36)/t19?,21-,23+,24-,25?,29-,30?/m0/s1. The molecular formula is C30H37N3O5. The lowest BCUT2D eigenvalue weighted by Crippen LogP contribution is -2.56.